The standard InChI is InChI=1S/C24H30N4O2/c1-17-4-5-18(2)28(17)22-8-6-21(7-9-22)24(29)25-12-13-27-19(3)16-26-23(27)20-10-14-30-15-11-20/h4-9,16,20H,10-15H2,1-3H3,(H,25,29). The number of imidazole rings is 1. The molecule has 1 fully saturated rings. The molecule has 0 radical (unpaired) electrons. The van der Waals surface area contributed by atoms with Crippen LogP contribution in [0.2, 0.25) is 0 Å². The van der Waals surface area contributed by atoms with Crippen LogP contribution in [0.5, 0.6) is 0 Å². The summed E-state index contributed by atoms with van der Waals surface area (Å²) < 4.78 is 9.89. The molecule has 0 atom stereocenters. The Hall–Kier alpha value is -2.86. The minimum Gasteiger partial charge on any atom is -0.381 e. The van der Waals surface area contributed by atoms with Gasteiger partial charge in [0.1, 0.15) is 5.82 Å². The highest BCUT2D eigenvalue weighted by atomic mass is 16.5. The number of rotatable bonds is 6. The van der Waals surface area contributed by atoms with E-state index in [1.54, 1.807) is 0 Å². The first-order chi connectivity index (χ1) is 14.5. The van der Waals surface area contributed by atoms with E-state index >= 15 is 0 Å². The summed E-state index contributed by atoms with van der Waals surface area (Å²) in [7, 11) is 0. The Labute approximate surface area is 177 Å². The zero-order chi connectivity index (χ0) is 21.1. The van der Waals surface area contributed by atoms with Gasteiger partial charge >= 0.3 is 0 Å². The first-order valence-corrected chi connectivity index (χ1v) is 10.7. The second-order valence-corrected chi connectivity index (χ2v) is 8.05. The van der Waals surface area contributed by atoms with Gasteiger partial charge in [0.25, 0.3) is 5.91 Å². The van der Waals surface area contributed by atoms with Gasteiger partial charge in [-0.05, 0) is 70.0 Å². The van der Waals surface area contributed by atoms with Crippen LogP contribution < -0.4 is 5.32 Å². The smallest absolute Gasteiger partial charge is 0.251 e. The van der Waals surface area contributed by atoms with Crippen molar-refractivity contribution in [3.8, 4) is 5.69 Å². The maximum atomic E-state index is 12.6. The number of hydrogen-bond acceptors (Lipinski definition) is 3. The first kappa shape index (κ1) is 20.4. The Morgan fingerprint density at radius 3 is 2.37 bits per heavy atom. The summed E-state index contributed by atoms with van der Waals surface area (Å²) in [4.78, 5) is 17.3. The second kappa shape index (κ2) is 8.88. The molecule has 0 spiro atoms. The number of aromatic nitrogens is 3. The first-order valence-electron chi connectivity index (χ1n) is 10.7. The predicted octanol–water partition coefficient (Wildman–Crippen LogP) is 3.92. The van der Waals surface area contributed by atoms with Gasteiger partial charge in [-0.25, -0.2) is 4.98 Å². The van der Waals surface area contributed by atoms with Crippen molar-refractivity contribution in [3.63, 3.8) is 0 Å². The number of hydrogen-bond donors (Lipinski definition) is 1. The number of carbonyl (C=O) groups is 1. The Morgan fingerprint density at radius 2 is 1.70 bits per heavy atom. The monoisotopic (exact) mass is 406 g/mol. The molecule has 30 heavy (non-hydrogen) atoms. The highest BCUT2D eigenvalue weighted by molar-refractivity contribution is 5.94. The third-order valence-corrected chi connectivity index (χ3v) is 5.95. The lowest BCUT2D eigenvalue weighted by Gasteiger charge is -2.23. The molecule has 6 heteroatoms. The summed E-state index contributed by atoms with van der Waals surface area (Å²) in [5.74, 6) is 1.51. The zero-order valence-electron chi connectivity index (χ0n) is 18.0. The minimum atomic E-state index is -0.0483. The topological polar surface area (TPSA) is 61.1 Å². The van der Waals surface area contributed by atoms with Crippen molar-refractivity contribution >= 4 is 5.91 Å². The Balaban J connectivity index is 1.37. The summed E-state index contributed by atoms with van der Waals surface area (Å²) in [6, 6.07) is 12.0. The fourth-order valence-corrected chi connectivity index (χ4v) is 4.27. The lowest BCUT2D eigenvalue weighted by atomic mass is 9.99. The molecule has 1 aliphatic heterocycles. The van der Waals surface area contributed by atoms with Gasteiger partial charge in [-0.2, -0.15) is 0 Å². The number of nitrogens with one attached hydrogen (secondary N) is 1. The number of aryl methyl sites for hydroxylation is 3. The SMILES string of the molecule is Cc1cnc(C2CCOCC2)n1CCNC(=O)c1ccc(-n2c(C)ccc2C)cc1. The Morgan fingerprint density at radius 1 is 1.03 bits per heavy atom. The summed E-state index contributed by atoms with van der Waals surface area (Å²) >= 11 is 0. The largest absolute Gasteiger partial charge is 0.381 e. The van der Waals surface area contributed by atoms with Crippen LogP contribution >= 0.6 is 0 Å². The Kier molecular flexibility index (Phi) is 6.04. The summed E-state index contributed by atoms with van der Waals surface area (Å²) in [6.45, 7) is 9.13. The van der Waals surface area contributed by atoms with E-state index in [-0.39, 0.29) is 5.91 Å². The molecule has 6 nitrogen and oxygen atoms in total. The highest BCUT2D eigenvalue weighted by Gasteiger charge is 2.21. The van der Waals surface area contributed by atoms with Crippen LogP contribution in [0, 0.1) is 20.8 Å². The van der Waals surface area contributed by atoms with Gasteiger partial charge in [0.2, 0.25) is 0 Å². The van der Waals surface area contributed by atoms with Gasteiger partial charge in [0, 0.05) is 66.8 Å². The molecular formula is C24H30N4O2. The lowest BCUT2D eigenvalue weighted by molar-refractivity contribution is 0.0827. The van der Waals surface area contributed by atoms with Crippen LogP contribution in [-0.4, -0.2) is 39.8 Å². The maximum absolute atomic E-state index is 12.6. The second-order valence-electron chi connectivity index (χ2n) is 8.05. The molecule has 1 N–H and O–H groups in total. The van der Waals surface area contributed by atoms with Crippen LogP contribution in [0.4, 0.5) is 0 Å². The molecule has 2 aromatic heterocycles. The third kappa shape index (κ3) is 4.19. The Bertz CT molecular complexity index is 991. The van der Waals surface area contributed by atoms with Crippen molar-refractivity contribution in [2.24, 2.45) is 0 Å². The predicted molar refractivity (Wildman–Crippen MR) is 117 cm³/mol. The molecule has 3 aromatic rings. The molecule has 0 aliphatic carbocycles. The van der Waals surface area contributed by atoms with E-state index in [1.165, 1.54) is 11.4 Å². The number of benzene rings is 1. The molecule has 3 heterocycles. The van der Waals surface area contributed by atoms with Crippen molar-refractivity contribution in [2.45, 2.75) is 46.1 Å². The van der Waals surface area contributed by atoms with Crippen molar-refractivity contribution < 1.29 is 9.53 Å². The van der Waals surface area contributed by atoms with Crippen molar-refractivity contribution in [3.05, 3.63) is 71.1 Å². The van der Waals surface area contributed by atoms with Crippen LogP contribution in [-0.2, 0) is 11.3 Å². The van der Waals surface area contributed by atoms with Gasteiger partial charge in [-0.3, -0.25) is 4.79 Å². The van der Waals surface area contributed by atoms with Gasteiger partial charge in [0.15, 0.2) is 0 Å². The molecule has 158 valence electrons. The molecule has 0 bridgehead atoms. The van der Waals surface area contributed by atoms with Gasteiger partial charge < -0.3 is 19.2 Å². The van der Waals surface area contributed by atoms with E-state index in [0.717, 1.165) is 49.8 Å². The van der Waals surface area contributed by atoms with Crippen molar-refractivity contribution in [2.75, 3.05) is 19.8 Å². The molecule has 4 rings (SSSR count). The van der Waals surface area contributed by atoms with Gasteiger partial charge in [-0.1, -0.05) is 0 Å². The van der Waals surface area contributed by atoms with Crippen LogP contribution in [0.1, 0.15) is 52.0 Å². The van der Waals surface area contributed by atoms with Crippen molar-refractivity contribution in [1.82, 2.24) is 19.4 Å². The summed E-state index contributed by atoms with van der Waals surface area (Å²) in [5, 5.41) is 3.05. The molecule has 1 saturated heterocycles. The molecular weight excluding hydrogens is 376 g/mol. The number of ether oxygens (including phenoxy) is 1. The van der Waals surface area contributed by atoms with Gasteiger partial charge in [-0.15, -0.1) is 0 Å². The van der Waals surface area contributed by atoms with Crippen LogP contribution in [0.3, 0.4) is 0 Å². The molecule has 1 amide bonds. The van der Waals surface area contributed by atoms with E-state index in [1.807, 2.05) is 30.5 Å². The van der Waals surface area contributed by atoms with E-state index in [4.69, 9.17) is 4.74 Å². The third-order valence-electron chi connectivity index (χ3n) is 5.95. The fraction of sp³-hybridized carbons (Fsp3) is 0.417. The van der Waals surface area contributed by atoms with Crippen LogP contribution in [0.15, 0.2) is 42.6 Å². The zero-order valence-corrected chi connectivity index (χ0v) is 18.0. The molecule has 1 aliphatic rings. The highest BCUT2D eigenvalue weighted by Crippen LogP contribution is 2.26. The summed E-state index contributed by atoms with van der Waals surface area (Å²) in [6.07, 6.45) is 3.95. The van der Waals surface area contributed by atoms with E-state index in [9.17, 15) is 4.79 Å². The minimum absolute atomic E-state index is 0.0483. The summed E-state index contributed by atoms with van der Waals surface area (Å²) in [5.41, 5.74) is 5.24. The normalized spacial score (nSPS) is 14.8. The van der Waals surface area contributed by atoms with Crippen LogP contribution in [0.25, 0.3) is 5.69 Å². The maximum Gasteiger partial charge on any atom is 0.251 e. The lowest BCUT2D eigenvalue weighted by Crippen LogP contribution is -2.28. The molecule has 0 saturated carbocycles. The number of amides is 1. The van der Waals surface area contributed by atoms with Crippen molar-refractivity contribution in [1.29, 1.82) is 0 Å². The van der Waals surface area contributed by atoms with Gasteiger partial charge in [0.05, 0.1) is 0 Å². The number of carbonyl (C=O) groups excluding carboxylic acids is 1. The molecule has 0 unspecified atom stereocenters. The molecule has 1 aromatic carbocycles. The quantitative estimate of drug-likeness (QED) is 0.675. The number of nitrogens with zero attached hydrogens (tertiary/aromatic N) is 3. The fourth-order valence-electron chi connectivity index (χ4n) is 4.27. The van der Waals surface area contributed by atoms with E-state index in [0.29, 0.717) is 18.0 Å². The average Bonchev–Trinajstić information content (AvgIpc) is 3.30. The van der Waals surface area contributed by atoms with E-state index in [2.05, 4.69) is 52.3 Å². The average molecular weight is 407 g/mol. The van der Waals surface area contributed by atoms with E-state index < -0.39 is 0 Å².